The first-order chi connectivity index (χ1) is 9.23. The van der Waals surface area contributed by atoms with Gasteiger partial charge in [-0.1, -0.05) is 51.0 Å². The van der Waals surface area contributed by atoms with E-state index in [0.717, 1.165) is 6.54 Å². The number of benzene rings is 1. The molecule has 2 heteroatoms. The summed E-state index contributed by atoms with van der Waals surface area (Å²) in [7, 11) is 0. The Kier molecular flexibility index (Phi) is 5.00. The van der Waals surface area contributed by atoms with Gasteiger partial charge in [-0.2, -0.15) is 0 Å². The summed E-state index contributed by atoms with van der Waals surface area (Å²) in [6.07, 6.45) is 5.40. The Labute approximate surface area is 118 Å². The van der Waals surface area contributed by atoms with Crippen LogP contribution < -0.4 is 5.73 Å². The highest BCUT2D eigenvalue weighted by Crippen LogP contribution is 2.40. The average molecular weight is 260 g/mol. The molecule has 0 aliphatic carbocycles. The van der Waals surface area contributed by atoms with Gasteiger partial charge in [0.15, 0.2) is 0 Å². The summed E-state index contributed by atoms with van der Waals surface area (Å²) in [6, 6.07) is 8.59. The zero-order chi connectivity index (χ0) is 13.7. The number of hydrogen-bond acceptors (Lipinski definition) is 2. The number of nitrogens with two attached hydrogens (primary N) is 1. The summed E-state index contributed by atoms with van der Waals surface area (Å²) in [4.78, 5) is 2.58. The minimum Gasteiger partial charge on any atom is -0.326 e. The van der Waals surface area contributed by atoms with Crippen LogP contribution in [0, 0.1) is 5.41 Å². The molecular formula is C17H28N2. The number of nitrogens with zero attached hydrogens (tertiary/aromatic N) is 1. The molecule has 0 spiro atoms. The van der Waals surface area contributed by atoms with Crippen LogP contribution in [0.3, 0.4) is 0 Å². The maximum absolute atomic E-state index is 5.82. The maximum Gasteiger partial charge on any atom is 0.0237 e. The Morgan fingerprint density at radius 2 is 1.63 bits per heavy atom. The molecule has 2 N–H and O–H groups in total. The summed E-state index contributed by atoms with van der Waals surface area (Å²) in [5.41, 5.74) is 9.13. The lowest BCUT2D eigenvalue weighted by atomic mass is 9.72. The van der Waals surface area contributed by atoms with E-state index in [1.54, 1.807) is 0 Å². The predicted molar refractivity (Wildman–Crippen MR) is 81.9 cm³/mol. The molecule has 0 bridgehead atoms. The van der Waals surface area contributed by atoms with Crippen LogP contribution in [0.5, 0.6) is 0 Å². The monoisotopic (exact) mass is 260 g/mol. The lowest BCUT2D eigenvalue weighted by Gasteiger charge is -2.51. The second kappa shape index (κ2) is 6.53. The van der Waals surface area contributed by atoms with Crippen LogP contribution in [-0.2, 0) is 13.1 Å². The summed E-state index contributed by atoms with van der Waals surface area (Å²) < 4.78 is 0. The van der Waals surface area contributed by atoms with Crippen molar-refractivity contribution < 1.29 is 0 Å². The topological polar surface area (TPSA) is 29.3 Å². The Hall–Kier alpha value is -0.860. The van der Waals surface area contributed by atoms with Gasteiger partial charge in [-0.15, -0.1) is 0 Å². The fourth-order valence-electron chi connectivity index (χ4n) is 3.67. The molecule has 0 radical (unpaired) electrons. The third-order valence-corrected chi connectivity index (χ3v) is 4.41. The van der Waals surface area contributed by atoms with Gasteiger partial charge in [0.1, 0.15) is 0 Å². The molecule has 0 aromatic heterocycles. The van der Waals surface area contributed by atoms with Crippen molar-refractivity contribution in [3.8, 4) is 0 Å². The molecule has 1 saturated heterocycles. The van der Waals surface area contributed by atoms with Gasteiger partial charge in [-0.05, 0) is 29.4 Å². The van der Waals surface area contributed by atoms with Gasteiger partial charge in [0, 0.05) is 26.2 Å². The van der Waals surface area contributed by atoms with Crippen molar-refractivity contribution in [1.29, 1.82) is 0 Å². The lowest BCUT2D eigenvalue weighted by Crippen LogP contribution is -2.55. The van der Waals surface area contributed by atoms with Crippen LogP contribution >= 0.6 is 0 Å². The molecule has 1 aliphatic heterocycles. The minimum atomic E-state index is 0.612. The molecule has 1 aromatic rings. The Morgan fingerprint density at radius 3 is 2.16 bits per heavy atom. The van der Waals surface area contributed by atoms with E-state index in [4.69, 9.17) is 5.73 Å². The number of rotatable bonds is 7. The Balaban J connectivity index is 1.93. The van der Waals surface area contributed by atoms with Crippen molar-refractivity contribution >= 4 is 0 Å². The molecule has 0 saturated carbocycles. The highest BCUT2D eigenvalue weighted by molar-refractivity contribution is 5.27. The third kappa shape index (κ3) is 3.37. The molecule has 19 heavy (non-hydrogen) atoms. The zero-order valence-corrected chi connectivity index (χ0v) is 12.5. The summed E-state index contributed by atoms with van der Waals surface area (Å²) >= 11 is 0. The standard InChI is InChI=1S/C17H28N2/c1-3-9-17(10-4-2)13-19(14-17)12-16-8-6-5-7-15(16)11-18/h5-8H,3-4,9-14,18H2,1-2H3. The minimum absolute atomic E-state index is 0.612. The molecule has 2 rings (SSSR count). The molecule has 0 amide bonds. The van der Waals surface area contributed by atoms with E-state index in [-0.39, 0.29) is 0 Å². The quantitative estimate of drug-likeness (QED) is 0.812. The molecule has 2 nitrogen and oxygen atoms in total. The number of hydrogen-bond donors (Lipinski definition) is 1. The van der Waals surface area contributed by atoms with E-state index in [0.29, 0.717) is 12.0 Å². The van der Waals surface area contributed by atoms with Gasteiger partial charge >= 0.3 is 0 Å². The predicted octanol–water partition coefficient (Wildman–Crippen LogP) is 3.55. The van der Waals surface area contributed by atoms with E-state index in [1.807, 2.05) is 0 Å². The number of likely N-dealkylation sites (tertiary alicyclic amines) is 1. The second-order valence-electron chi connectivity index (χ2n) is 6.12. The lowest BCUT2D eigenvalue weighted by molar-refractivity contribution is -0.0204. The van der Waals surface area contributed by atoms with E-state index in [9.17, 15) is 0 Å². The van der Waals surface area contributed by atoms with Crippen molar-refractivity contribution in [2.45, 2.75) is 52.6 Å². The molecular weight excluding hydrogens is 232 g/mol. The zero-order valence-electron chi connectivity index (χ0n) is 12.5. The molecule has 1 heterocycles. The van der Waals surface area contributed by atoms with Crippen molar-refractivity contribution in [2.75, 3.05) is 13.1 Å². The Bertz CT molecular complexity index is 386. The molecule has 0 atom stereocenters. The summed E-state index contributed by atoms with van der Waals surface area (Å²) in [5.74, 6) is 0. The van der Waals surface area contributed by atoms with E-state index >= 15 is 0 Å². The van der Waals surface area contributed by atoms with Gasteiger partial charge in [-0.25, -0.2) is 0 Å². The molecule has 1 fully saturated rings. The first-order valence-corrected chi connectivity index (χ1v) is 7.72. The summed E-state index contributed by atoms with van der Waals surface area (Å²) in [6.45, 7) is 8.89. The Morgan fingerprint density at radius 1 is 1.05 bits per heavy atom. The van der Waals surface area contributed by atoms with Crippen LogP contribution in [0.25, 0.3) is 0 Å². The highest BCUT2D eigenvalue weighted by atomic mass is 15.2. The summed E-state index contributed by atoms with van der Waals surface area (Å²) in [5, 5.41) is 0. The van der Waals surface area contributed by atoms with E-state index in [2.05, 4.69) is 43.0 Å². The van der Waals surface area contributed by atoms with Crippen molar-refractivity contribution in [3.63, 3.8) is 0 Å². The van der Waals surface area contributed by atoms with Gasteiger partial charge in [0.05, 0.1) is 0 Å². The molecule has 1 aromatic carbocycles. The SMILES string of the molecule is CCCC1(CCC)CN(Cc2ccccc2CN)C1. The van der Waals surface area contributed by atoms with Crippen molar-refractivity contribution in [2.24, 2.45) is 11.1 Å². The second-order valence-corrected chi connectivity index (χ2v) is 6.12. The van der Waals surface area contributed by atoms with Crippen LogP contribution in [0.1, 0.15) is 50.7 Å². The largest absolute Gasteiger partial charge is 0.326 e. The van der Waals surface area contributed by atoms with Gasteiger partial charge in [-0.3, -0.25) is 4.90 Å². The average Bonchev–Trinajstić information content (AvgIpc) is 2.38. The van der Waals surface area contributed by atoms with Crippen LogP contribution in [0.4, 0.5) is 0 Å². The normalized spacial score (nSPS) is 18.3. The fourth-order valence-corrected chi connectivity index (χ4v) is 3.67. The molecule has 0 unspecified atom stereocenters. The third-order valence-electron chi connectivity index (χ3n) is 4.41. The van der Waals surface area contributed by atoms with Crippen LogP contribution in [-0.4, -0.2) is 18.0 Å². The smallest absolute Gasteiger partial charge is 0.0237 e. The van der Waals surface area contributed by atoms with Gasteiger partial charge < -0.3 is 5.73 Å². The first kappa shape index (κ1) is 14.5. The van der Waals surface area contributed by atoms with Crippen molar-refractivity contribution in [1.82, 2.24) is 4.90 Å². The van der Waals surface area contributed by atoms with Gasteiger partial charge in [0.25, 0.3) is 0 Å². The first-order valence-electron chi connectivity index (χ1n) is 7.72. The molecule has 1 aliphatic rings. The van der Waals surface area contributed by atoms with Crippen LogP contribution in [0.15, 0.2) is 24.3 Å². The van der Waals surface area contributed by atoms with Crippen LogP contribution in [0.2, 0.25) is 0 Å². The van der Waals surface area contributed by atoms with E-state index < -0.39 is 0 Å². The fraction of sp³-hybridized carbons (Fsp3) is 0.647. The molecule has 106 valence electrons. The van der Waals surface area contributed by atoms with E-state index in [1.165, 1.54) is 49.9 Å². The van der Waals surface area contributed by atoms with Crippen molar-refractivity contribution in [3.05, 3.63) is 35.4 Å². The van der Waals surface area contributed by atoms with Gasteiger partial charge in [0.2, 0.25) is 0 Å². The highest BCUT2D eigenvalue weighted by Gasteiger charge is 2.40. The maximum atomic E-state index is 5.82.